The molecule has 0 saturated heterocycles. The standard InChI is InChI=1S/C22H27N3O2S/c1-25(15-22(27)24-19-11-5-6-13-20(19)28-2)14-21(26)23-18-12-7-9-16-8-3-4-10-17(16)18/h3-6,8,10-11,13,18H,7,9,12,14-15H2,1-2H3,(H,23,26)(H,24,27)/p+1/t18-/m1/s1. The quantitative estimate of drug-likeness (QED) is 0.626. The van der Waals surface area contributed by atoms with Crippen LogP contribution in [0.25, 0.3) is 0 Å². The third kappa shape index (κ3) is 5.36. The van der Waals surface area contributed by atoms with Gasteiger partial charge in [-0.25, -0.2) is 0 Å². The van der Waals surface area contributed by atoms with E-state index in [1.165, 1.54) is 11.1 Å². The summed E-state index contributed by atoms with van der Waals surface area (Å²) in [5.74, 6) is -0.105. The van der Waals surface area contributed by atoms with E-state index < -0.39 is 0 Å². The third-order valence-electron chi connectivity index (χ3n) is 5.01. The first-order valence-electron chi connectivity index (χ1n) is 9.68. The average molecular weight is 399 g/mol. The Labute approximate surface area is 170 Å². The van der Waals surface area contributed by atoms with Gasteiger partial charge in [0.2, 0.25) is 0 Å². The molecule has 0 aromatic heterocycles. The van der Waals surface area contributed by atoms with Crippen LogP contribution in [0.3, 0.4) is 0 Å². The summed E-state index contributed by atoms with van der Waals surface area (Å²) in [5.41, 5.74) is 3.37. The average Bonchev–Trinajstić information content (AvgIpc) is 2.68. The number of nitrogens with one attached hydrogen (secondary N) is 3. The maximum Gasteiger partial charge on any atom is 0.279 e. The molecular weight excluding hydrogens is 370 g/mol. The van der Waals surface area contributed by atoms with Crippen molar-refractivity contribution in [3.05, 3.63) is 59.7 Å². The van der Waals surface area contributed by atoms with Crippen LogP contribution in [0.5, 0.6) is 0 Å². The number of carbonyl (C=O) groups excluding carboxylic acids is 2. The molecule has 6 heteroatoms. The van der Waals surface area contributed by atoms with Crippen molar-refractivity contribution in [3.63, 3.8) is 0 Å². The summed E-state index contributed by atoms with van der Waals surface area (Å²) in [5, 5.41) is 6.10. The number of aryl methyl sites for hydroxylation is 1. The van der Waals surface area contributed by atoms with Gasteiger partial charge in [0, 0.05) is 4.90 Å². The Kier molecular flexibility index (Phi) is 7.12. The fourth-order valence-corrected chi connectivity index (χ4v) is 4.26. The Morgan fingerprint density at radius 1 is 1.07 bits per heavy atom. The second-order valence-electron chi connectivity index (χ2n) is 7.27. The van der Waals surface area contributed by atoms with Gasteiger partial charge in [-0.2, -0.15) is 0 Å². The predicted octanol–water partition coefficient (Wildman–Crippen LogP) is 2.06. The van der Waals surface area contributed by atoms with E-state index in [1.54, 1.807) is 11.8 Å². The molecule has 148 valence electrons. The summed E-state index contributed by atoms with van der Waals surface area (Å²) in [7, 11) is 1.87. The molecule has 28 heavy (non-hydrogen) atoms. The van der Waals surface area contributed by atoms with Crippen molar-refractivity contribution in [1.29, 1.82) is 0 Å². The lowest BCUT2D eigenvalue weighted by Crippen LogP contribution is -3.11. The summed E-state index contributed by atoms with van der Waals surface area (Å²) >= 11 is 1.60. The fourth-order valence-electron chi connectivity index (χ4n) is 3.70. The van der Waals surface area contributed by atoms with E-state index in [-0.39, 0.29) is 30.9 Å². The zero-order valence-corrected chi connectivity index (χ0v) is 17.3. The van der Waals surface area contributed by atoms with Crippen LogP contribution in [0.15, 0.2) is 53.4 Å². The van der Waals surface area contributed by atoms with Crippen molar-refractivity contribution in [2.75, 3.05) is 31.7 Å². The number of rotatable bonds is 7. The minimum absolute atomic E-state index is 0.0171. The number of para-hydroxylation sites is 1. The lowest BCUT2D eigenvalue weighted by Gasteiger charge is -2.26. The van der Waals surface area contributed by atoms with E-state index in [2.05, 4.69) is 28.8 Å². The number of fused-ring (bicyclic) bond motifs is 1. The SMILES string of the molecule is CSc1ccccc1NC(=O)C[NH+](C)CC(=O)N[C@@H]1CCCc2ccccc21. The molecular formula is C22H28N3O2S+. The predicted molar refractivity (Wildman–Crippen MR) is 114 cm³/mol. The molecule has 3 N–H and O–H groups in total. The van der Waals surface area contributed by atoms with Gasteiger partial charge in [-0.15, -0.1) is 11.8 Å². The summed E-state index contributed by atoms with van der Waals surface area (Å²) in [6.07, 6.45) is 5.11. The highest BCUT2D eigenvalue weighted by molar-refractivity contribution is 7.98. The summed E-state index contributed by atoms with van der Waals surface area (Å²) in [6.45, 7) is 0.521. The lowest BCUT2D eigenvalue weighted by molar-refractivity contribution is -0.862. The van der Waals surface area contributed by atoms with Crippen LogP contribution in [0.2, 0.25) is 0 Å². The van der Waals surface area contributed by atoms with Crippen molar-refractivity contribution in [2.24, 2.45) is 0 Å². The maximum absolute atomic E-state index is 12.5. The first-order chi connectivity index (χ1) is 13.6. The van der Waals surface area contributed by atoms with Gasteiger partial charge >= 0.3 is 0 Å². The van der Waals surface area contributed by atoms with Crippen LogP contribution in [0, 0.1) is 0 Å². The van der Waals surface area contributed by atoms with Gasteiger partial charge in [-0.3, -0.25) is 9.59 Å². The van der Waals surface area contributed by atoms with Crippen LogP contribution < -0.4 is 15.5 Å². The number of amides is 2. The molecule has 1 aliphatic rings. The van der Waals surface area contributed by atoms with Crippen molar-refractivity contribution >= 4 is 29.3 Å². The Hall–Kier alpha value is -2.31. The molecule has 2 atom stereocenters. The Balaban J connectivity index is 1.50. The van der Waals surface area contributed by atoms with Crippen molar-refractivity contribution < 1.29 is 14.5 Å². The third-order valence-corrected chi connectivity index (χ3v) is 5.81. The fraction of sp³-hybridized carbons (Fsp3) is 0.364. The number of quaternary nitrogens is 1. The van der Waals surface area contributed by atoms with E-state index in [1.807, 2.05) is 43.6 Å². The number of anilines is 1. The van der Waals surface area contributed by atoms with Crippen molar-refractivity contribution in [1.82, 2.24) is 5.32 Å². The molecule has 1 aliphatic carbocycles. The molecule has 0 saturated carbocycles. The number of hydrogen-bond donors (Lipinski definition) is 3. The largest absolute Gasteiger partial charge is 0.344 e. The molecule has 0 radical (unpaired) electrons. The normalized spacial score (nSPS) is 16.7. The van der Waals surface area contributed by atoms with E-state index >= 15 is 0 Å². The van der Waals surface area contributed by atoms with Crippen LogP contribution in [-0.4, -0.2) is 38.2 Å². The first kappa shape index (κ1) is 20.4. The van der Waals surface area contributed by atoms with Gasteiger partial charge in [0.25, 0.3) is 11.8 Å². The summed E-state index contributed by atoms with van der Waals surface area (Å²) in [6, 6.07) is 16.1. The van der Waals surface area contributed by atoms with Crippen LogP contribution >= 0.6 is 11.8 Å². The Bertz CT molecular complexity index is 840. The zero-order valence-electron chi connectivity index (χ0n) is 16.5. The molecule has 2 aromatic carbocycles. The molecule has 5 nitrogen and oxygen atoms in total. The molecule has 3 rings (SSSR count). The monoisotopic (exact) mass is 398 g/mol. The van der Waals surface area contributed by atoms with Gasteiger partial charge in [0.15, 0.2) is 13.1 Å². The molecule has 0 heterocycles. The lowest BCUT2D eigenvalue weighted by atomic mass is 9.88. The highest BCUT2D eigenvalue weighted by atomic mass is 32.2. The minimum atomic E-state index is -0.0881. The van der Waals surface area contributed by atoms with Crippen molar-refractivity contribution in [2.45, 2.75) is 30.2 Å². The number of hydrogen-bond acceptors (Lipinski definition) is 3. The van der Waals surface area contributed by atoms with Crippen LogP contribution in [-0.2, 0) is 16.0 Å². The molecule has 2 aromatic rings. The van der Waals surface area contributed by atoms with Gasteiger partial charge in [0.1, 0.15) is 0 Å². The van der Waals surface area contributed by atoms with Gasteiger partial charge in [0.05, 0.1) is 18.8 Å². The van der Waals surface area contributed by atoms with E-state index in [0.717, 1.165) is 34.7 Å². The topological polar surface area (TPSA) is 62.6 Å². The van der Waals surface area contributed by atoms with E-state index in [9.17, 15) is 9.59 Å². The highest BCUT2D eigenvalue weighted by Gasteiger charge is 2.23. The van der Waals surface area contributed by atoms with Crippen molar-refractivity contribution in [3.8, 4) is 0 Å². The van der Waals surface area contributed by atoms with Crippen LogP contribution in [0.4, 0.5) is 5.69 Å². The first-order valence-corrected chi connectivity index (χ1v) is 10.9. The summed E-state index contributed by atoms with van der Waals surface area (Å²) in [4.78, 5) is 26.7. The van der Waals surface area contributed by atoms with Gasteiger partial charge in [-0.05, 0) is 48.8 Å². The summed E-state index contributed by atoms with van der Waals surface area (Å²) < 4.78 is 0. The molecule has 1 unspecified atom stereocenters. The van der Waals surface area contributed by atoms with Gasteiger partial charge < -0.3 is 15.5 Å². The zero-order chi connectivity index (χ0) is 19.9. The number of benzene rings is 2. The van der Waals surface area contributed by atoms with Crippen LogP contribution in [0.1, 0.15) is 30.0 Å². The molecule has 0 spiro atoms. The number of likely N-dealkylation sites (N-methyl/N-ethyl adjacent to an activating group) is 1. The maximum atomic E-state index is 12.5. The van der Waals surface area contributed by atoms with E-state index in [0.29, 0.717) is 0 Å². The molecule has 2 amide bonds. The Morgan fingerprint density at radius 2 is 1.79 bits per heavy atom. The molecule has 0 bridgehead atoms. The highest BCUT2D eigenvalue weighted by Crippen LogP contribution is 2.29. The molecule has 0 aliphatic heterocycles. The number of thioether (sulfide) groups is 1. The Morgan fingerprint density at radius 3 is 2.61 bits per heavy atom. The minimum Gasteiger partial charge on any atom is -0.344 e. The van der Waals surface area contributed by atoms with E-state index in [4.69, 9.17) is 0 Å². The molecule has 0 fully saturated rings. The second kappa shape index (κ2) is 9.75. The second-order valence-corrected chi connectivity index (χ2v) is 8.12. The van der Waals surface area contributed by atoms with Gasteiger partial charge in [-0.1, -0.05) is 36.4 Å². The smallest absolute Gasteiger partial charge is 0.279 e. The number of carbonyl (C=O) groups is 2.